The summed E-state index contributed by atoms with van der Waals surface area (Å²) in [6, 6.07) is -0.480. The lowest BCUT2D eigenvalue weighted by molar-refractivity contribution is -0.153. The highest BCUT2D eigenvalue weighted by Crippen LogP contribution is 2.29. The van der Waals surface area contributed by atoms with E-state index in [1.54, 1.807) is 0 Å². The van der Waals surface area contributed by atoms with Gasteiger partial charge in [0.15, 0.2) is 0 Å². The van der Waals surface area contributed by atoms with E-state index in [4.69, 9.17) is 15.6 Å². The van der Waals surface area contributed by atoms with E-state index in [-0.39, 0.29) is 30.5 Å². The molecule has 0 aromatic rings. The van der Waals surface area contributed by atoms with Crippen LogP contribution in [0.25, 0.3) is 0 Å². The van der Waals surface area contributed by atoms with Gasteiger partial charge in [-0.1, -0.05) is 27.7 Å². The molecule has 0 aliphatic heterocycles. The first-order valence-corrected chi connectivity index (χ1v) is 5.36. The topological polar surface area (TPSA) is 72.5 Å². The molecule has 0 fully saturated rings. The Bertz CT molecular complexity index is 198. The van der Waals surface area contributed by atoms with E-state index in [2.05, 4.69) is 0 Å². The highest BCUT2D eigenvalue weighted by atomic mass is 16.5. The van der Waals surface area contributed by atoms with E-state index in [1.165, 1.54) is 0 Å². The number of carbonyl (C=O) groups is 1. The molecule has 0 bridgehead atoms. The molecule has 15 heavy (non-hydrogen) atoms. The van der Waals surface area contributed by atoms with E-state index >= 15 is 0 Å². The van der Waals surface area contributed by atoms with Gasteiger partial charge in [0.2, 0.25) is 0 Å². The van der Waals surface area contributed by atoms with Crippen molar-refractivity contribution in [2.75, 3.05) is 13.2 Å². The summed E-state index contributed by atoms with van der Waals surface area (Å²) in [5.41, 5.74) is 5.34. The van der Waals surface area contributed by atoms with Crippen LogP contribution in [0.4, 0.5) is 0 Å². The summed E-state index contributed by atoms with van der Waals surface area (Å²) >= 11 is 0. The maximum absolute atomic E-state index is 11.7. The minimum atomic E-state index is -0.480. The van der Waals surface area contributed by atoms with Crippen molar-refractivity contribution in [1.29, 1.82) is 0 Å². The Kier molecular flexibility index (Phi) is 5.83. The van der Waals surface area contributed by atoms with Gasteiger partial charge in [-0.25, -0.2) is 0 Å². The van der Waals surface area contributed by atoms with E-state index in [0.29, 0.717) is 0 Å². The number of carbonyl (C=O) groups excluding carboxylic acids is 1. The normalized spacial score (nSPS) is 15.9. The lowest BCUT2D eigenvalue weighted by Gasteiger charge is -2.28. The number of nitrogens with two attached hydrogens (primary N) is 1. The second-order valence-electron chi connectivity index (χ2n) is 4.90. The van der Waals surface area contributed by atoms with Gasteiger partial charge in [0.25, 0.3) is 0 Å². The molecule has 4 heteroatoms. The van der Waals surface area contributed by atoms with E-state index in [9.17, 15) is 4.79 Å². The van der Waals surface area contributed by atoms with Crippen LogP contribution in [0.5, 0.6) is 0 Å². The van der Waals surface area contributed by atoms with Crippen LogP contribution in [0.1, 0.15) is 34.1 Å². The number of aliphatic hydroxyl groups is 1. The van der Waals surface area contributed by atoms with Gasteiger partial charge in [-0.15, -0.1) is 0 Å². The SMILES string of the molecule is CCC(C(=O)OCC(N)CO)C(C)(C)C. The summed E-state index contributed by atoms with van der Waals surface area (Å²) in [7, 11) is 0. The van der Waals surface area contributed by atoms with Crippen LogP contribution in [-0.4, -0.2) is 30.3 Å². The largest absolute Gasteiger partial charge is 0.464 e. The summed E-state index contributed by atoms with van der Waals surface area (Å²) in [6.45, 7) is 7.90. The number of esters is 1. The average molecular weight is 217 g/mol. The van der Waals surface area contributed by atoms with Crippen molar-refractivity contribution in [3.63, 3.8) is 0 Å². The van der Waals surface area contributed by atoms with Crippen molar-refractivity contribution in [3.05, 3.63) is 0 Å². The van der Waals surface area contributed by atoms with Gasteiger partial charge < -0.3 is 15.6 Å². The number of ether oxygens (including phenoxy) is 1. The highest BCUT2D eigenvalue weighted by molar-refractivity contribution is 5.73. The minimum Gasteiger partial charge on any atom is -0.464 e. The molecule has 0 saturated heterocycles. The predicted molar refractivity (Wildman–Crippen MR) is 59.3 cm³/mol. The summed E-state index contributed by atoms with van der Waals surface area (Å²) in [6.07, 6.45) is 0.747. The van der Waals surface area contributed by atoms with Crippen LogP contribution in [0.3, 0.4) is 0 Å². The second-order valence-corrected chi connectivity index (χ2v) is 4.90. The summed E-state index contributed by atoms with van der Waals surface area (Å²) < 4.78 is 5.05. The van der Waals surface area contributed by atoms with Crippen LogP contribution in [0, 0.1) is 11.3 Å². The van der Waals surface area contributed by atoms with Gasteiger partial charge in [0.05, 0.1) is 18.6 Å². The fourth-order valence-corrected chi connectivity index (χ4v) is 1.48. The first-order chi connectivity index (χ1) is 6.82. The zero-order valence-electron chi connectivity index (χ0n) is 10.1. The number of hydrogen-bond donors (Lipinski definition) is 2. The first kappa shape index (κ1) is 14.4. The Labute approximate surface area is 91.8 Å². The lowest BCUT2D eigenvalue weighted by atomic mass is 9.79. The molecule has 90 valence electrons. The third kappa shape index (κ3) is 5.14. The van der Waals surface area contributed by atoms with Gasteiger partial charge in [-0.2, -0.15) is 0 Å². The van der Waals surface area contributed by atoms with Gasteiger partial charge in [0.1, 0.15) is 6.61 Å². The zero-order chi connectivity index (χ0) is 12.1. The first-order valence-electron chi connectivity index (χ1n) is 5.36. The molecule has 4 nitrogen and oxygen atoms in total. The van der Waals surface area contributed by atoms with Gasteiger partial charge >= 0.3 is 5.97 Å². The van der Waals surface area contributed by atoms with Gasteiger partial charge in [-0.05, 0) is 11.8 Å². The van der Waals surface area contributed by atoms with Crippen LogP contribution in [0.2, 0.25) is 0 Å². The van der Waals surface area contributed by atoms with Crippen LogP contribution < -0.4 is 5.73 Å². The van der Waals surface area contributed by atoms with Crippen molar-refractivity contribution in [2.24, 2.45) is 17.1 Å². The Balaban J connectivity index is 4.18. The van der Waals surface area contributed by atoms with Crippen molar-refractivity contribution in [3.8, 4) is 0 Å². The Morgan fingerprint density at radius 3 is 2.33 bits per heavy atom. The third-order valence-corrected chi connectivity index (χ3v) is 2.41. The molecule has 0 aromatic heterocycles. The van der Waals surface area contributed by atoms with Crippen molar-refractivity contribution in [2.45, 2.75) is 40.2 Å². The summed E-state index contributed by atoms with van der Waals surface area (Å²) in [5.74, 6) is -0.350. The quantitative estimate of drug-likeness (QED) is 0.672. The van der Waals surface area contributed by atoms with Crippen molar-refractivity contribution < 1.29 is 14.6 Å². The fourth-order valence-electron chi connectivity index (χ4n) is 1.48. The number of aliphatic hydroxyl groups excluding tert-OH is 1. The monoisotopic (exact) mass is 217 g/mol. The standard InChI is InChI=1S/C11H23NO3/c1-5-9(11(2,3)4)10(14)15-7-8(12)6-13/h8-9,13H,5-7,12H2,1-4H3. The molecule has 0 heterocycles. The van der Waals surface area contributed by atoms with E-state index in [0.717, 1.165) is 6.42 Å². The zero-order valence-corrected chi connectivity index (χ0v) is 10.1. The predicted octanol–water partition coefficient (Wildman–Crippen LogP) is 0.921. The third-order valence-electron chi connectivity index (χ3n) is 2.41. The Morgan fingerprint density at radius 1 is 1.47 bits per heavy atom. The Morgan fingerprint density at radius 2 is 2.00 bits per heavy atom. The molecule has 0 rings (SSSR count). The molecule has 0 amide bonds. The fraction of sp³-hybridized carbons (Fsp3) is 0.909. The molecule has 2 atom stereocenters. The van der Waals surface area contributed by atoms with E-state index < -0.39 is 6.04 Å². The van der Waals surface area contributed by atoms with Crippen LogP contribution >= 0.6 is 0 Å². The molecule has 0 aromatic carbocycles. The summed E-state index contributed by atoms with van der Waals surface area (Å²) in [4.78, 5) is 11.7. The second kappa shape index (κ2) is 6.08. The average Bonchev–Trinajstić information content (AvgIpc) is 2.12. The van der Waals surface area contributed by atoms with Crippen LogP contribution in [0.15, 0.2) is 0 Å². The number of hydrogen-bond acceptors (Lipinski definition) is 4. The van der Waals surface area contributed by atoms with Crippen molar-refractivity contribution in [1.82, 2.24) is 0 Å². The maximum atomic E-state index is 11.7. The summed E-state index contributed by atoms with van der Waals surface area (Å²) in [5, 5.41) is 8.69. The molecule has 2 unspecified atom stereocenters. The highest BCUT2D eigenvalue weighted by Gasteiger charge is 2.30. The molecule has 0 saturated carbocycles. The Hall–Kier alpha value is -0.610. The van der Waals surface area contributed by atoms with Gasteiger partial charge in [-0.3, -0.25) is 4.79 Å². The smallest absolute Gasteiger partial charge is 0.309 e. The van der Waals surface area contributed by atoms with Gasteiger partial charge in [0, 0.05) is 0 Å². The maximum Gasteiger partial charge on any atom is 0.309 e. The minimum absolute atomic E-state index is 0.0852. The molecule has 0 spiro atoms. The molecule has 0 aliphatic carbocycles. The van der Waals surface area contributed by atoms with Crippen molar-refractivity contribution >= 4 is 5.97 Å². The molecule has 0 aliphatic rings. The van der Waals surface area contributed by atoms with E-state index in [1.807, 2.05) is 27.7 Å². The molecule has 3 N–H and O–H groups in total. The molecule has 0 radical (unpaired) electrons. The lowest BCUT2D eigenvalue weighted by Crippen LogP contribution is -2.35. The number of rotatable bonds is 5. The molecular weight excluding hydrogens is 194 g/mol. The molecular formula is C11H23NO3. The van der Waals surface area contributed by atoms with Crippen LogP contribution in [-0.2, 0) is 9.53 Å².